The van der Waals surface area contributed by atoms with Crippen molar-refractivity contribution in [1.29, 1.82) is 0 Å². The van der Waals surface area contributed by atoms with Crippen molar-refractivity contribution in [1.82, 2.24) is 4.98 Å². The van der Waals surface area contributed by atoms with Gasteiger partial charge in [-0.15, -0.1) is 0 Å². The Kier molecular flexibility index (Phi) is 2.89. The van der Waals surface area contributed by atoms with Gasteiger partial charge < -0.3 is 14.4 Å². The molecule has 0 aliphatic carbocycles. The fraction of sp³-hybridized carbons (Fsp3) is 0.500. The molecule has 5 heteroatoms. The fourth-order valence-electron chi connectivity index (χ4n) is 1.00. The standard InChI is InChI=1S/C8H12N2O3/c1-3-10(4-2)8-9-6(5-13-8)7(11)12/h5H,3-4H2,1-2H3,(H,11,12). The minimum absolute atomic E-state index is 0.0538. The van der Waals surface area contributed by atoms with Gasteiger partial charge in [0.25, 0.3) is 6.01 Å². The fourth-order valence-corrected chi connectivity index (χ4v) is 1.00. The Morgan fingerprint density at radius 2 is 2.23 bits per heavy atom. The molecule has 1 rings (SSSR count). The first-order valence-corrected chi connectivity index (χ1v) is 4.12. The number of hydrogen-bond donors (Lipinski definition) is 1. The van der Waals surface area contributed by atoms with Crippen molar-refractivity contribution >= 4 is 12.0 Å². The monoisotopic (exact) mass is 184 g/mol. The molecule has 1 aromatic heterocycles. The molecule has 0 amide bonds. The number of nitrogens with zero attached hydrogens (tertiary/aromatic N) is 2. The zero-order valence-corrected chi connectivity index (χ0v) is 7.65. The van der Waals surface area contributed by atoms with Crippen molar-refractivity contribution in [2.45, 2.75) is 13.8 Å². The van der Waals surface area contributed by atoms with Crippen LogP contribution in [0.1, 0.15) is 24.3 Å². The molecule has 0 aliphatic rings. The van der Waals surface area contributed by atoms with Crippen molar-refractivity contribution in [2.75, 3.05) is 18.0 Å². The van der Waals surface area contributed by atoms with Crippen LogP contribution >= 0.6 is 0 Å². The lowest BCUT2D eigenvalue weighted by Crippen LogP contribution is -2.22. The van der Waals surface area contributed by atoms with Crippen LogP contribution in [0, 0.1) is 0 Å². The molecule has 5 nitrogen and oxygen atoms in total. The number of carbonyl (C=O) groups is 1. The predicted molar refractivity (Wildman–Crippen MR) is 47.0 cm³/mol. The maximum absolute atomic E-state index is 10.5. The van der Waals surface area contributed by atoms with E-state index in [0.717, 1.165) is 19.4 Å². The van der Waals surface area contributed by atoms with E-state index in [1.54, 1.807) is 0 Å². The van der Waals surface area contributed by atoms with E-state index in [9.17, 15) is 4.79 Å². The summed E-state index contributed by atoms with van der Waals surface area (Å²) in [6.07, 6.45) is 1.15. The molecule has 1 N–H and O–H groups in total. The Bertz CT molecular complexity index is 291. The summed E-state index contributed by atoms with van der Waals surface area (Å²) in [7, 11) is 0. The van der Waals surface area contributed by atoms with Crippen LogP contribution in [0.4, 0.5) is 6.01 Å². The molecule has 0 atom stereocenters. The van der Waals surface area contributed by atoms with E-state index < -0.39 is 5.97 Å². The van der Waals surface area contributed by atoms with Gasteiger partial charge in [0.1, 0.15) is 6.26 Å². The van der Waals surface area contributed by atoms with Crippen molar-refractivity contribution in [3.8, 4) is 0 Å². The molecule has 72 valence electrons. The predicted octanol–water partition coefficient (Wildman–Crippen LogP) is 1.22. The molecule has 0 spiro atoms. The summed E-state index contributed by atoms with van der Waals surface area (Å²) >= 11 is 0. The van der Waals surface area contributed by atoms with E-state index in [1.165, 1.54) is 0 Å². The number of rotatable bonds is 4. The highest BCUT2D eigenvalue weighted by Gasteiger charge is 2.13. The summed E-state index contributed by atoms with van der Waals surface area (Å²) in [4.78, 5) is 16.1. The molecule has 1 heterocycles. The van der Waals surface area contributed by atoms with Crippen LogP contribution in [-0.4, -0.2) is 29.1 Å². The summed E-state index contributed by atoms with van der Waals surface area (Å²) in [6.45, 7) is 5.40. The molecule has 0 radical (unpaired) electrons. The van der Waals surface area contributed by atoms with Crippen LogP contribution in [0.15, 0.2) is 10.7 Å². The van der Waals surface area contributed by atoms with Crippen molar-refractivity contribution in [3.63, 3.8) is 0 Å². The van der Waals surface area contributed by atoms with E-state index in [4.69, 9.17) is 9.52 Å². The Balaban J connectivity index is 2.84. The minimum atomic E-state index is -1.07. The molecule has 0 aliphatic heterocycles. The second kappa shape index (κ2) is 3.93. The molecule has 0 fully saturated rings. The summed E-state index contributed by atoms with van der Waals surface area (Å²) in [5, 5.41) is 8.58. The molecule has 0 bridgehead atoms. The number of hydrogen-bond acceptors (Lipinski definition) is 4. The number of carboxylic acids is 1. The first-order chi connectivity index (χ1) is 6.19. The maximum Gasteiger partial charge on any atom is 0.357 e. The summed E-state index contributed by atoms with van der Waals surface area (Å²) in [5.41, 5.74) is -0.0538. The normalized spacial score (nSPS) is 10.0. The third kappa shape index (κ3) is 1.99. The van der Waals surface area contributed by atoms with E-state index in [1.807, 2.05) is 18.7 Å². The molecule has 13 heavy (non-hydrogen) atoms. The van der Waals surface area contributed by atoms with Crippen LogP contribution in [0.5, 0.6) is 0 Å². The van der Waals surface area contributed by atoms with Gasteiger partial charge in [-0.2, -0.15) is 4.98 Å². The van der Waals surface area contributed by atoms with Crippen LogP contribution < -0.4 is 4.90 Å². The zero-order chi connectivity index (χ0) is 9.84. The molecular weight excluding hydrogens is 172 g/mol. The zero-order valence-electron chi connectivity index (χ0n) is 7.65. The van der Waals surface area contributed by atoms with Crippen LogP contribution in [-0.2, 0) is 0 Å². The lowest BCUT2D eigenvalue weighted by atomic mass is 10.5. The highest BCUT2D eigenvalue weighted by molar-refractivity contribution is 5.85. The number of carboxylic acid groups (broad SMARTS) is 1. The summed E-state index contributed by atoms with van der Waals surface area (Å²) in [5.74, 6) is -1.07. The van der Waals surface area contributed by atoms with Gasteiger partial charge in [-0.3, -0.25) is 0 Å². The van der Waals surface area contributed by atoms with Crippen molar-refractivity contribution in [3.05, 3.63) is 12.0 Å². The highest BCUT2D eigenvalue weighted by Crippen LogP contribution is 2.12. The largest absolute Gasteiger partial charge is 0.476 e. The van der Waals surface area contributed by atoms with Gasteiger partial charge in [0.05, 0.1) is 0 Å². The van der Waals surface area contributed by atoms with E-state index >= 15 is 0 Å². The van der Waals surface area contributed by atoms with Gasteiger partial charge in [-0.1, -0.05) is 0 Å². The van der Waals surface area contributed by atoms with Crippen molar-refractivity contribution < 1.29 is 14.3 Å². The van der Waals surface area contributed by atoms with Crippen LogP contribution in [0.2, 0.25) is 0 Å². The van der Waals surface area contributed by atoms with Crippen LogP contribution in [0.3, 0.4) is 0 Å². The lowest BCUT2D eigenvalue weighted by molar-refractivity contribution is 0.0690. The Morgan fingerprint density at radius 1 is 1.62 bits per heavy atom. The number of oxazole rings is 1. The van der Waals surface area contributed by atoms with Gasteiger partial charge in [-0.25, -0.2) is 4.79 Å². The number of anilines is 1. The number of aromatic nitrogens is 1. The maximum atomic E-state index is 10.5. The quantitative estimate of drug-likeness (QED) is 0.762. The van der Waals surface area contributed by atoms with Crippen molar-refractivity contribution in [2.24, 2.45) is 0 Å². The Hall–Kier alpha value is -1.52. The Morgan fingerprint density at radius 3 is 2.62 bits per heavy atom. The lowest BCUT2D eigenvalue weighted by Gasteiger charge is -2.14. The minimum Gasteiger partial charge on any atom is -0.476 e. The number of aromatic carboxylic acids is 1. The van der Waals surface area contributed by atoms with Crippen LogP contribution in [0.25, 0.3) is 0 Å². The first-order valence-electron chi connectivity index (χ1n) is 4.12. The SMILES string of the molecule is CCN(CC)c1nc(C(=O)O)co1. The smallest absolute Gasteiger partial charge is 0.357 e. The van der Waals surface area contributed by atoms with Gasteiger partial charge >= 0.3 is 5.97 Å². The van der Waals surface area contributed by atoms with Gasteiger partial charge in [-0.05, 0) is 13.8 Å². The van der Waals surface area contributed by atoms with E-state index in [0.29, 0.717) is 6.01 Å². The van der Waals surface area contributed by atoms with Gasteiger partial charge in [0.2, 0.25) is 0 Å². The molecule has 0 saturated carbocycles. The molecule has 1 aromatic rings. The third-order valence-corrected chi connectivity index (χ3v) is 1.75. The molecular formula is C8H12N2O3. The topological polar surface area (TPSA) is 66.6 Å². The third-order valence-electron chi connectivity index (χ3n) is 1.75. The van der Waals surface area contributed by atoms with E-state index in [2.05, 4.69) is 4.98 Å². The second-order valence-corrected chi connectivity index (χ2v) is 2.49. The highest BCUT2D eigenvalue weighted by atomic mass is 16.4. The van der Waals surface area contributed by atoms with E-state index in [-0.39, 0.29) is 5.69 Å². The molecule has 0 saturated heterocycles. The first kappa shape index (κ1) is 9.57. The summed E-state index contributed by atoms with van der Waals surface area (Å²) in [6, 6.07) is 0.363. The second-order valence-electron chi connectivity index (χ2n) is 2.49. The van der Waals surface area contributed by atoms with Gasteiger partial charge in [0, 0.05) is 13.1 Å². The average molecular weight is 184 g/mol. The van der Waals surface area contributed by atoms with Gasteiger partial charge in [0.15, 0.2) is 5.69 Å². The Labute approximate surface area is 76.0 Å². The molecule has 0 unspecified atom stereocenters. The molecule has 0 aromatic carbocycles. The summed E-state index contributed by atoms with van der Waals surface area (Å²) < 4.78 is 5.00. The average Bonchev–Trinajstić information content (AvgIpc) is 2.56.